The number of aromatic nitrogens is 4. The van der Waals surface area contributed by atoms with Crippen LogP contribution in [0.2, 0.25) is 18.1 Å². The Morgan fingerprint density at radius 2 is 1.63 bits per heavy atom. The monoisotopic (exact) mass is 677 g/mol. The summed E-state index contributed by atoms with van der Waals surface area (Å²) in [5.41, 5.74) is 0.421. The molecule has 0 spiro atoms. The molecule has 3 atom stereocenters. The molecule has 3 N–H and O–H groups in total. The van der Waals surface area contributed by atoms with Crippen molar-refractivity contribution in [2.24, 2.45) is 0 Å². The van der Waals surface area contributed by atoms with Gasteiger partial charge in [0.05, 0.1) is 26.1 Å². The van der Waals surface area contributed by atoms with Crippen molar-refractivity contribution in [3.05, 3.63) is 118 Å². The molecule has 3 aromatic carbocycles. The molecule has 1 aliphatic rings. The molecule has 6 rings (SSSR count). The van der Waals surface area contributed by atoms with Gasteiger partial charge in [-0.15, -0.1) is 6.42 Å². The van der Waals surface area contributed by atoms with Gasteiger partial charge >= 0.3 is 0 Å². The first-order chi connectivity index (χ1) is 23.4. The first-order valence-electron chi connectivity index (χ1n) is 16.3. The molecule has 11 heteroatoms. The lowest BCUT2D eigenvalue weighted by Gasteiger charge is -2.41. The predicted octanol–water partition coefficient (Wildman–Crippen LogP) is 6.21. The van der Waals surface area contributed by atoms with E-state index in [1.54, 1.807) is 11.7 Å². The van der Waals surface area contributed by atoms with Crippen LogP contribution >= 0.6 is 0 Å². The molecule has 10 nitrogen and oxygen atoms in total. The smallest absolute Gasteiger partial charge is 0.280 e. The van der Waals surface area contributed by atoms with E-state index in [-0.39, 0.29) is 16.5 Å². The zero-order valence-corrected chi connectivity index (χ0v) is 29.7. The second-order valence-electron chi connectivity index (χ2n) is 13.9. The Balaban J connectivity index is 1.47. The van der Waals surface area contributed by atoms with Crippen LogP contribution in [0.25, 0.3) is 11.2 Å². The number of nitrogens with zero attached hydrogens (tertiary/aromatic N) is 3. The quantitative estimate of drug-likeness (QED) is 0.0907. The Hall–Kier alpha value is -4.73. The fourth-order valence-electron chi connectivity index (χ4n) is 6.21. The molecule has 5 aromatic rings. The maximum atomic E-state index is 13.6. The van der Waals surface area contributed by atoms with Gasteiger partial charge in [0.1, 0.15) is 17.5 Å². The average Bonchev–Trinajstić information content (AvgIpc) is 3.69. The van der Waals surface area contributed by atoms with Crippen molar-refractivity contribution >= 4 is 25.4 Å². The Morgan fingerprint density at radius 1 is 1.04 bits per heavy atom. The molecular formula is C38H43N5O5Si. The lowest BCUT2D eigenvalue weighted by molar-refractivity contribution is -0.0866. The average molecular weight is 678 g/mol. The van der Waals surface area contributed by atoms with Crippen LogP contribution in [0, 0.1) is 12.3 Å². The minimum Gasteiger partial charge on any atom is -0.497 e. The fraction of sp³-hybridized carbons (Fsp3) is 0.342. The number of imidazole rings is 1. The number of anilines is 1. The maximum absolute atomic E-state index is 13.6. The molecule has 1 fully saturated rings. The van der Waals surface area contributed by atoms with Crippen LogP contribution in [0.3, 0.4) is 0 Å². The molecule has 1 saturated heterocycles. The Kier molecular flexibility index (Phi) is 9.02. The molecule has 0 aliphatic carbocycles. The lowest BCUT2D eigenvalue weighted by Crippen LogP contribution is -2.51. The Morgan fingerprint density at radius 3 is 2.16 bits per heavy atom. The lowest BCUT2D eigenvalue weighted by atomic mass is 9.77. The molecular weight excluding hydrogens is 635 g/mol. The van der Waals surface area contributed by atoms with E-state index < -0.39 is 44.0 Å². The van der Waals surface area contributed by atoms with Crippen molar-refractivity contribution in [1.82, 2.24) is 19.5 Å². The molecule has 0 saturated carbocycles. The van der Waals surface area contributed by atoms with E-state index in [0.717, 1.165) is 16.7 Å². The molecule has 0 radical (unpaired) electrons. The van der Waals surface area contributed by atoms with Crippen LogP contribution in [0.4, 0.5) is 5.95 Å². The minimum atomic E-state index is -2.31. The number of aromatic amines is 1. The molecule has 2 aromatic heterocycles. The zero-order chi connectivity index (χ0) is 35.0. The Bertz CT molecular complexity index is 1980. The summed E-state index contributed by atoms with van der Waals surface area (Å²) >= 11 is 0. The van der Waals surface area contributed by atoms with Crippen LogP contribution in [0.1, 0.15) is 50.1 Å². The maximum Gasteiger partial charge on any atom is 0.280 e. The van der Waals surface area contributed by atoms with Gasteiger partial charge in [0.25, 0.3) is 5.56 Å². The van der Waals surface area contributed by atoms with Gasteiger partial charge in [0, 0.05) is 6.42 Å². The number of benzene rings is 3. The standard InChI is InChI=1S/C38H43N5O5Si/c1-8-37(24-44)30(48-49(6,7)36(2,3)4)23-31(47-37)43-25-39-32-33(43)40-35(41-34(32)45)42-38(26-15-11-9-12-16-26,27-17-13-10-14-18-27)28-19-21-29(46-5)22-20-28/h1,9-22,25,30-31,44H,23-24H2,2-7H3,(H2,40,41,42,45)/t30-,31+,37+/m0/s1. The normalized spacial score (nSPS) is 19.9. The van der Waals surface area contributed by atoms with Crippen molar-refractivity contribution in [2.45, 2.75) is 68.8 Å². The third kappa shape index (κ3) is 6.06. The molecule has 49 heavy (non-hydrogen) atoms. The van der Waals surface area contributed by atoms with E-state index in [1.807, 2.05) is 84.9 Å². The second kappa shape index (κ2) is 12.9. The summed E-state index contributed by atoms with van der Waals surface area (Å²) in [6, 6.07) is 27.8. The van der Waals surface area contributed by atoms with Crippen LogP contribution in [0.5, 0.6) is 5.75 Å². The zero-order valence-electron chi connectivity index (χ0n) is 28.7. The number of rotatable bonds is 10. The van der Waals surface area contributed by atoms with Crippen LogP contribution < -0.4 is 15.6 Å². The number of methoxy groups -OCH3 is 1. The van der Waals surface area contributed by atoms with Crippen molar-refractivity contribution < 1.29 is 19.0 Å². The van der Waals surface area contributed by atoms with Gasteiger partial charge in [-0.05, 0) is 47.0 Å². The SMILES string of the molecule is C#C[C@]1(CO)O[C@@H](n2cnc3c(=O)[nH]c(NC(c4ccccc4)(c4ccccc4)c4ccc(OC)cc4)nc32)C[C@@H]1O[Si](C)(C)C(C)(C)C. The predicted molar refractivity (Wildman–Crippen MR) is 193 cm³/mol. The van der Waals surface area contributed by atoms with Crippen LogP contribution in [0.15, 0.2) is 96.1 Å². The fourth-order valence-corrected chi connectivity index (χ4v) is 7.56. The largest absolute Gasteiger partial charge is 0.497 e. The van der Waals surface area contributed by atoms with Crippen LogP contribution in [-0.2, 0) is 14.7 Å². The van der Waals surface area contributed by atoms with E-state index in [2.05, 4.69) is 55.1 Å². The number of hydrogen-bond donors (Lipinski definition) is 3. The van der Waals surface area contributed by atoms with Gasteiger partial charge in [-0.1, -0.05) is 99.5 Å². The Labute approximate surface area is 287 Å². The molecule has 0 unspecified atom stereocenters. The summed E-state index contributed by atoms with van der Waals surface area (Å²) in [5, 5.41) is 14.1. The van der Waals surface area contributed by atoms with E-state index in [0.29, 0.717) is 17.8 Å². The molecule has 3 heterocycles. The van der Waals surface area contributed by atoms with Gasteiger partial charge in [-0.25, -0.2) is 4.98 Å². The van der Waals surface area contributed by atoms with Gasteiger partial charge in [-0.3, -0.25) is 14.3 Å². The molecule has 0 amide bonds. The van der Waals surface area contributed by atoms with Crippen molar-refractivity contribution in [2.75, 3.05) is 19.0 Å². The number of aliphatic hydroxyl groups is 1. The van der Waals surface area contributed by atoms with Gasteiger partial charge in [0.2, 0.25) is 5.95 Å². The number of ether oxygens (including phenoxy) is 2. The van der Waals surface area contributed by atoms with E-state index in [1.165, 1.54) is 6.33 Å². The van der Waals surface area contributed by atoms with E-state index in [4.69, 9.17) is 25.3 Å². The number of terminal acetylenes is 1. The number of fused-ring (bicyclic) bond motifs is 1. The minimum absolute atomic E-state index is 0.0914. The van der Waals surface area contributed by atoms with Gasteiger partial charge in [0.15, 0.2) is 25.1 Å². The highest BCUT2D eigenvalue weighted by atomic mass is 28.4. The topological polar surface area (TPSA) is 124 Å². The van der Waals surface area contributed by atoms with Crippen molar-refractivity contribution in [3.8, 4) is 18.1 Å². The summed E-state index contributed by atoms with van der Waals surface area (Å²) in [7, 11) is -0.676. The second-order valence-corrected chi connectivity index (χ2v) is 18.7. The summed E-state index contributed by atoms with van der Waals surface area (Å²) < 4.78 is 20.4. The summed E-state index contributed by atoms with van der Waals surface area (Å²) in [4.78, 5) is 26.0. The third-order valence-corrected chi connectivity index (χ3v) is 14.5. The first-order valence-corrected chi connectivity index (χ1v) is 19.2. The van der Waals surface area contributed by atoms with Crippen molar-refractivity contribution in [3.63, 3.8) is 0 Å². The first kappa shape index (κ1) is 34.1. The highest BCUT2D eigenvalue weighted by molar-refractivity contribution is 6.74. The van der Waals surface area contributed by atoms with E-state index >= 15 is 0 Å². The number of hydrogen-bond acceptors (Lipinski definition) is 8. The number of aliphatic hydroxyl groups excluding tert-OH is 1. The molecule has 0 bridgehead atoms. The highest BCUT2D eigenvalue weighted by Gasteiger charge is 2.53. The number of nitrogens with one attached hydrogen (secondary N) is 2. The number of H-pyrrole nitrogens is 1. The highest BCUT2D eigenvalue weighted by Crippen LogP contribution is 2.45. The van der Waals surface area contributed by atoms with E-state index in [9.17, 15) is 9.90 Å². The summed E-state index contributed by atoms with van der Waals surface area (Å²) in [6.07, 6.45) is 6.61. The van der Waals surface area contributed by atoms with Crippen molar-refractivity contribution in [1.29, 1.82) is 0 Å². The summed E-state index contributed by atoms with van der Waals surface area (Å²) in [6.45, 7) is 10.3. The van der Waals surface area contributed by atoms with Crippen LogP contribution in [-0.4, -0.2) is 58.4 Å². The molecule has 1 aliphatic heterocycles. The van der Waals surface area contributed by atoms with Gasteiger partial charge in [-0.2, -0.15) is 4.98 Å². The summed E-state index contributed by atoms with van der Waals surface area (Å²) in [5.74, 6) is 3.63. The molecule has 254 valence electrons. The third-order valence-electron chi connectivity index (χ3n) is 9.99. The van der Waals surface area contributed by atoms with Gasteiger partial charge < -0.3 is 24.3 Å².